The second kappa shape index (κ2) is 4.02. The fourth-order valence-electron chi connectivity index (χ4n) is 1.44. The molecule has 1 aliphatic carbocycles. The maximum absolute atomic E-state index is 12.5. The third-order valence-electron chi connectivity index (χ3n) is 2.57. The molecule has 0 saturated heterocycles. The van der Waals surface area contributed by atoms with E-state index in [4.69, 9.17) is 5.84 Å². The van der Waals surface area contributed by atoms with E-state index in [0.717, 1.165) is 6.42 Å². The van der Waals surface area contributed by atoms with Gasteiger partial charge >= 0.3 is 6.18 Å². The zero-order chi connectivity index (χ0) is 12.6. The zero-order valence-corrected chi connectivity index (χ0v) is 9.04. The largest absolute Gasteiger partial charge is 0.451 e. The van der Waals surface area contributed by atoms with Crippen LogP contribution in [0.15, 0.2) is 6.07 Å². The molecule has 2 rings (SSSR count). The van der Waals surface area contributed by atoms with Crippen LogP contribution in [0.1, 0.15) is 19.2 Å². The van der Waals surface area contributed by atoms with Gasteiger partial charge in [0.1, 0.15) is 11.6 Å². The zero-order valence-electron chi connectivity index (χ0n) is 9.04. The van der Waals surface area contributed by atoms with Crippen LogP contribution >= 0.6 is 0 Å². The van der Waals surface area contributed by atoms with Crippen molar-refractivity contribution in [2.45, 2.75) is 25.6 Å². The minimum atomic E-state index is -4.58. The Morgan fingerprint density at radius 3 is 2.41 bits per heavy atom. The second-order valence-corrected chi connectivity index (χ2v) is 4.07. The lowest BCUT2D eigenvalue weighted by Gasteiger charge is -2.10. The molecule has 8 heteroatoms. The summed E-state index contributed by atoms with van der Waals surface area (Å²) in [6.45, 7) is 2.01. The molecular formula is C9H12F3N5. The van der Waals surface area contributed by atoms with E-state index < -0.39 is 12.0 Å². The van der Waals surface area contributed by atoms with Crippen molar-refractivity contribution in [3.05, 3.63) is 11.9 Å². The molecule has 2 atom stereocenters. The van der Waals surface area contributed by atoms with Gasteiger partial charge in [0.2, 0.25) is 5.82 Å². The van der Waals surface area contributed by atoms with Crippen LogP contribution in [0, 0.1) is 5.92 Å². The summed E-state index contributed by atoms with van der Waals surface area (Å²) >= 11 is 0. The highest BCUT2D eigenvalue weighted by Gasteiger charge is 2.37. The molecule has 1 aromatic rings. The molecule has 1 heterocycles. The summed E-state index contributed by atoms with van der Waals surface area (Å²) in [5.41, 5.74) is 2.09. The number of rotatable bonds is 3. The van der Waals surface area contributed by atoms with E-state index in [1.54, 1.807) is 0 Å². The van der Waals surface area contributed by atoms with Crippen molar-refractivity contribution < 1.29 is 13.2 Å². The molecule has 1 saturated carbocycles. The average Bonchev–Trinajstić information content (AvgIpc) is 2.92. The molecule has 0 amide bonds. The molecule has 0 bridgehead atoms. The van der Waals surface area contributed by atoms with Crippen LogP contribution in [0.2, 0.25) is 0 Å². The third-order valence-corrected chi connectivity index (χ3v) is 2.57. The van der Waals surface area contributed by atoms with Crippen molar-refractivity contribution in [3.63, 3.8) is 0 Å². The summed E-state index contributed by atoms with van der Waals surface area (Å²) < 4.78 is 37.5. The Labute approximate surface area is 95.6 Å². The van der Waals surface area contributed by atoms with E-state index in [9.17, 15) is 13.2 Å². The van der Waals surface area contributed by atoms with Crippen molar-refractivity contribution in [1.29, 1.82) is 0 Å². The summed E-state index contributed by atoms with van der Waals surface area (Å²) in [5.74, 6) is 4.38. The minimum Gasteiger partial charge on any atom is -0.367 e. The van der Waals surface area contributed by atoms with E-state index in [-0.39, 0.29) is 17.7 Å². The van der Waals surface area contributed by atoms with Crippen molar-refractivity contribution in [2.24, 2.45) is 11.8 Å². The van der Waals surface area contributed by atoms with Crippen LogP contribution < -0.4 is 16.6 Å². The number of hydrazine groups is 1. The van der Waals surface area contributed by atoms with Gasteiger partial charge in [-0.3, -0.25) is 0 Å². The first-order valence-electron chi connectivity index (χ1n) is 5.09. The van der Waals surface area contributed by atoms with Crippen molar-refractivity contribution in [2.75, 3.05) is 10.7 Å². The van der Waals surface area contributed by atoms with Crippen molar-refractivity contribution in [3.8, 4) is 0 Å². The molecule has 17 heavy (non-hydrogen) atoms. The number of nitrogens with one attached hydrogen (secondary N) is 2. The molecule has 1 fully saturated rings. The number of alkyl halides is 3. The second-order valence-electron chi connectivity index (χ2n) is 4.07. The van der Waals surface area contributed by atoms with Crippen LogP contribution in [0.25, 0.3) is 0 Å². The van der Waals surface area contributed by atoms with Gasteiger partial charge < -0.3 is 10.7 Å². The number of hydrogen-bond acceptors (Lipinski definition) is 5. The van der Waals surface area contributed by atoms with Gasteiger partial charge in [-0.1, -0.05) is 6.92 Å². The smallest absolute Gasteiger partial charge is 0.367 e. The number of nitrogens with zero attached hydrogens (tertiary/aromatic N) is 2. The molecular weight excluding hydrogens is 235 g/mol. The van der Waals surface area contributed by atoms with E-state index >= 15 is 0 Å². The molecule has 1 aliphatic rings. The molecule has 2 unspecified atom stereocenters. The van der Waals surface area contributed by atoms with Crippen molar-refractivity contribution >= 4 is 11.6 Å². The van der Waals surface area contributed by atoms with Gasteiger partial charge in [-0.15, -0.1) is 0 Å². The van der Waals surface area contributed by atoms with E-state index in [2.05, 4.69) is 20.7 Å². The Morgan fingerprint density at radius 2 is 1.94 bits per heavy atom. The molecule has 0 aliphatic heterocycles. The fourth-order valence-corrected chi connectivity index (χ4v) is 1.44. The predicted octanol–water partition coefficient (Wildman–Crippen LogP) is 1.60. The van der Waals surface area contributed by atoms with Gasteiger partial charge in [0.25, 0.3) is 0 Å². The first-order valence-corrected chi connectivity index (χ1v) is 5.09. The van der Waals surface area contributed by atoms with Gasteiger partial charge in [0.15, 0.2) is 0 Å². The van der Waals surface area contributed by atoms with Crippen LogP contribution in [0.5, 0.6) is 0 Å². The summed E-state index contributed by atoms with van der Waals surface area (Å²) in [5, 5.41) is 2.91. The molecule has 4 N–H and O–H groups in total. The standard InChI is InChI=1S/C9H12F3N5/c1-4-2-5(4)14-6-3-7(17-13)16-8(15-6)9(10,11)12/h3-5H,2,13H2,1H3,(H2,14,15,16,17). The monoisotopic (exact) mass is 247 g/mol. The summed E-state index contributed by atoms with van der Waals surface area (Å²) in [6, 6.07) is 1.52. The van der Waals surface area contributed by atoms with Gasteiger partial charge in [0, 0.05) is 12.1 Å². The Balaban J connectivity index is 2.25. The molecule has 0 spiro atoms. The molecule has 5 nitrogen and oxygen atoms in total. The Bertz CT molecular complexity index is 420. The van der Waals surface area contributed by atoms with Gasteiger partial charge in [-0.25, -0.2) is 15.8 Å². The van der Waals surface area contributed by atoms with Crippen LogP contribution in [-0.2, 0) is 6.18 Å². The van der Waals surface area contributed by atoms with Crippen LogP contribution in [0.3, 0.4) is 0 Å². The highest BCUT2D eigenvalue weighted by Crippen LogP contribution is 2.33. The molecule has 0 radical (unpaired) electrons. The normalized spacial score (nSPS) is 23.4. The highest BCUT2D eigenvalue weighted by atomic mass is 19.4. The minimum absolute atomic E-state index is 0.0665. The van der Waals surface area contributed by atoms with E-state index in [0.29, 0.717) is 5.92 Å². The number of nitrogen functional groups attached to an aromatic ring is 1. The quantitative estimate of drug-likeness (QED) is 0.558. The van der Waals surface area contributed by atoms with E-state index in [1.807, 2.05) is 6.92 Å². The van der Waals surface area contributed by atoms with Crippen molar-refractivity contribution in [1.82, 2.24) is 9.97 Å². The average molecular weight is 247 g/mol. The number of hydrogen-bond donors (Lipinski definition) is 3. The van der Waals surface area contributed by atoms with Gasteiger partial charge in [-0.2, -0.15) is 13.2 Å². The predicted molar refractivity (Wildman–Crippen MR) is 56.0 cm³/mol. The van der Waals surface area contributed by atoms with Gasteiger partial charge in [0.05, 0.1) is 0 Å². The van der Waals surface area contributed by atoms with Gasteiger partial charge in [-0.05, 0) is 12.3 Å². The van der Waals surface area contributed by atoms with Crippen LogP contribution in [-0.4, -0.2) is 16.0 Å². The number of aromatic nitrogens is 2. The fraction of sp³-hybridized carbons (Fsp3) is 0.556. The summed E-state index contributed by atoms with van der Waals surface area (Å²) in [4.78, 5) is 6.68. The Kier molecular flexibility index (Phi) is 2.82. The Morgan fingerprint density at radius 1 is 1.35 bits per heavy atom. The Hall–Kier alpha value is -1.57. The SMILES string of the molecule is CC1CC1Nc1cc(NN)nc(C(F)(F)F)n1. The summed E-state index contributed by atoms with van der Waals surface area (Å²) in [7, 11) is 0. The summed E-state index contributed by atoms with van der Waals surface area (Å²) in [6.07, 6.45) is -3.66. The maximum atomic E-state index is 12.5. The lowest BCUT2D eigenvalue weighted by molar-refractivity contribution is -0.144. The maximum Gasteiger partial charge on any atom is 0.451 e. The third kappa shape index (κ3) is 2.76. The first kappa shape index (κ1) is 11.9. The molecule has 94 valence electrons. The number of halogens is 3. The lowest BCUT2D eigenvalue weighted by Crippen LogP contribution is -2.18. The topological polar surface area (TPSA) is 75.9 Å². The van der Waals surface area contributed by atoms with Crippen LogP contribution in [0.4, 0.5) is 24.8 Å². The highest BCUT2D eigenvalue weighted by molar-refractivity contribution is 5.48. The first-order chi connectivity index (χ1) is 7.90. The molecule has 0 aromatic carbocycles. The molecule has 1 aromatic heterocycles. The number of nitrogens with two attached hydrogens (primary N) is 1. The van der Waals surface area contributed by atoms with E-state index in [1.165, 1.54) is 6.07 Å². The number of anilines is 2. The lowest BCUT2D eigenvalue weighted by atomic mass is 10.4.